The van der Waals surface area contributed by atoms with E-state index < -0.39 is 5.97 Å². The maximum Gasteiger partial charge on any atom is 0.337 e. The van der Waals surface area contributed by atoms with Gasteiger partial charge in [0, 0.05) is 0 Å². The van der Waals surface area contributed by atoms with Crippen LogP contribution < -0.4 is 4.74 Å². The number of aromatic nitrogens is 2. The van der Waals surface area contributed by atoms with Gasteiger partial charge >= 0.3 is 5.97 Å². The summed E-state index contributed by atoms with van der Waals surface area (Å²) in [6.45, 7) is 2.02. The van der Waals surface area contributed by atoms with Crippen LogP contribution in [0, 0.1) is 6.92 Å². The fourth-order valence-electron chi connectivity index (χ4n) is 1.39. The van der Waals surface area contributed by atoms with E-state index >= 15 is 0 Å². The number of methoxy groups -OCH3 is 1. The van der Waals surface area contributed by atoms with Gasteiger partial charge in [0.25, 0.3) is 0 Å². The first-order valence-electron chi connectivity index (χ1n) is 5.40. The van der Waals surface area contributed by atoms with E-state index in [-0.39, 0.29) is 6.61 Å². The number of nitrogens with zero attached hydrogens (tertiary/aromatic N) is 2. The molecule has 1 aromatic carbocycles. The molecule has 100 valence electrons. The summed E-state index contributed by atoms with van der Waals surface area (Å²) in [5.41, 5.74) is 1.76. The maximum absolute atomic E-state index is 11.4. The highest BCUT2D eigenvalue weighted by Gasteiger charge is 2.11. The average molecular weight is 327 g/mol. The number of rotatable bonds is 4. The monoisotopic (exact) mass is 326 g/mol. The van der Waals surface area contributed by atoms with E-state index in [2.05, 4.69) is 35.6 Å². The molecule has 0 unspecified atom stereocenters. The van der Waals surface area contributed by atoms with Gasteiger partial charge in [0.15, 0.2) is 0 Å². The van der Waals surface area contributed by atoms with Crippen LogP contribution in [0.2, 0.25) is 0 Å². The quantitative estimate of drug-likeness (QED) is 0.803. The number of halogens is 1. The molecule has 0 aliphatic carbocycles. The smallest absolute Gasteiger partial charge is 0.337 e. The fraction of sp³-hybridized carbons (Fsp3) is 0.250. The molecule has 0 saturated heterocycles. The molecule has 0 aliphatic rings. The van der Waals surface area contributed by atoms with E-state index in [9.17, 15) is 4.79 Å². The number of benzene rings is 1. The number of esters is 1. The highest BCUT2D eigenvalue weighted by Crippen LogP contribution is 2.27. The third-order valence-electron chi connectivity index (χ3n) is 2.46. The van der Waals surface area contributed by atoms with Crippen molar-refractivity contribution < 1.29 is 18.9 Å². The van der Waals surface area contributed by atoms with Gasteiger partial charge in [-0.3, -0.25) is 0 Å². The summed E-state index contributed by atoms with van der Waals surface area (Å²) in [5.74, 6) is 0.193. The zero-order valence-electron chi connectivity index (χ0n) is 10.3. The minimum atomic E-state index is -0.399. The van der Waals surface area contributed by atoms with Gasteiger partial charge in [-0.15, -0.1) is 0 Å². The molecule has 0 amide bonds. The molecule has 7 heteroatoms. The molecule has 0 saturated carbocycles. The summed E-state index contributed by atoms with van der Waals surface area (Å²) in [7, 11) is 1.33. The Balaban J connectivity index is 2.09. The zero-order chi connectivity index (χ0) is 13.8. The van der Waals surface area contributed by atoms with Gasteiger partial charge in [-0.05, 0) is 41.1 Å². The Morgan fingerprint density at radius 2 is 2.21 bits per heavy atom. The van der Waals surface area contributed by atoms with Crippen molar-refractivity contribution in [2.75, 3.05) is 7.11 Å². The summed E-state index contributed by atoms with van der Waals surface area (Å²) in [6.07, 6.45) is 0. The molecule has 0 radical (unpaired) electrons. The molecule has 0 aliphatic heterocycles. The van der Waals surface area contributed by atoms with Crippen molar-refractivity contribution in [3.05, 3.63) is 39.6 Å². The molecule has 6 nitrogen and oxygen atoms in total. The van der Waals surface area contributed by atoms with Gasteiger partial charge in [0.05, 0.1) is 17.1 Å². The van der Waals surface area contributed by atoms with Crippen LogP contribution in [0.15, 0.2) is 27.3 Å². The lowest BCUT2D eigenvalue weighted by Gasteiger charge is -2.07. The van der Waals surface area contributed by atoms with Gasteiger partial charge in [-0.2, -0.15) is 0 Å². The lowest BCUT2D eigenvalue weighted by Crippen LogP contribution is -2.02. The second kappa shape index (κ2) is 5.83. The van der Waals surface area contributed by atoms with Crippen LogP contribution in [0.3, 0.4) is 0 Å². The van der Waals surface area contributed by atoms with E-state index in [1.807, 2.05) is 0 Å². The summed E-state index contributed by atoms with van der Waals surface area (Å²) >= 11 is 3.34. The number of aryl methyl sites for hydroxylation is 1. The predicted octanol–water partition coefficient (Wildman–Crippen LogP) is 2.51. The molecule has 0 bridgehead atoms. The Labute approximate surface area is 117 Å². The van der Waals surface area contributed by atoms with Crippen LogP contribution >= 0.6 is 15.9 Å². The van der Waals surface area contributed by atoms with Crippen molar-refractivity contribution in [3.8, 4) is 5.75 Å². The topological polar surface area (TPSA) is 74.5 Å². The van der Waals surface area contributed by atoms with Gasteiger partial charge < -0.3 is 9.47 Å². The summed E-state index contributed by atoms with van der Waals surface area (Å²) in [5, 5.41) is 7.38. The highest BCUT2D eigenvalue weighted by molar-refractivity contribution is 9.10. The van der Waals surface area contributed by atoms with Crippen molar-refractivity contribution >= 4 is 21.9 Å². The van der Waals surface area contributed by atoms with Crippen LogP contribution in [0.4, 0.5) is 0 Å². The molecule has 1 heterocycles. The number of ether oxygens (including phenoxy) is 2. The van der Waals surface area contributed by atoms with Crippen molar-refractivity contribution in [3.63, 3.8) is 0 Å². The predicted molar refractivity (Wildman–Crippen MR) is 68.8 cm³/mol. The number of hydrogen-bond donors (Lipinski definition) is 0. The molecule has 0 fully saturated rings. The maximum atomic E-state index is 11.4. The Hall–Kier alpha value is -1.89. The zero-order valence-corrected chi connectivity index (χ0v) is 11.9. The average Bonchev–Trinajstić information content (AvgIpc) is 2.82. The molecular weight excluding hydrogens is 316 g/mol. The summed E-state index contributed by atoms with van der Waals surface area (Å²) in [4.78, 5) is 11.4. The highest BCUT2D eigenvalue weighted by atomic mass is 79.9. The van der Waals surface area contributed by atoms with Gasteiger partial charge in [-0.1, -0.05) is 10.3 Å². The molecule has 1 aromatic heterocycles. The van der Waals surface area contributed by atoms with Crippen LogP contribution in [-0.2, 0) is 11.3 Å². The van der Waals surface area contributed by atoms with Gasteiger partial charge in [0.1, 0.15) is 23.7 Å². The van der Waals surface area contributed by atoms with E-state index in [1.165, 1.54) is 7.11 Å². The Morgan fingerprint density at radius 3 is 2.79 bits per heavy atom. The van der Waals surface area contributed by atoms with Crippen molar-refractivity contribution in [1.82, 2.24) is 10.3 Å². The number of carbonyl (C=O) groups is 1. The van der Waals surface area contributed by atoms with Crippen molar-refractivity contribution in [1.29, 1.82) is 0 Å². The number of hydrogen-bond acceptors (Lipinski definition) is 6. The lowest BCUT2D eigenvalue weighted by molar-refractivity contribution is 0.0600. The Morgan fingerprint density at radius 1 is 1.42 bits per heavy atom. The van der Waals surface area contributed by atoms with Crippen molar-refractivity contribution in [2.24, 2.45) is 0 Å². The van der Waals surface area contributed by atoms with Gasteiger partial charge in [0.2, 0.25) is 0 Å². The SMILES string of the molecule is COC(=O)c1ccc(OCc2nonc2C)c(Br)c1. The first-order valence-corrected chi connectivity index (χ1v) is 6.20. The third-order valence-corrected chi connectivity index (χ3v) is 3.08. The van der Waals surface area contributed by atoms with E-state index in [1.54, 1.807) is 25.1 Å². The lowest BCUT2D eigenvalue weighted by atomic mass is 10.2. The summed E-state index contributed by atoms with van der Waals surface area (Å²) < 4.78 is 15.4. The van der Waals surface area contributed by atoms with E-state index in [4.69, 9.17) is 4.74 Å². The molecule has 2 aromatic rings. The van der Waals surface area contributed by atoms with Crippen LogP contribution in [0.1, 0.15) is 21.7 Å². The molecular formula is C12H11BrN2O4. The minimum Gasteiger partial charge on any atom is -0.486 e. The van der Waals surface area contributed by atoms with Crippen LogP contribution in [0.5, 0.6) is 5.75 Å². The van der Waals surface area contributed by atoms with E-state index in [0.29, 0.717) is 27.2 Å². The fourth-order valence-corrected chi connectivity index (χ4v) is 1.88. The molecule has 2 rings (SSSR count). The molecule has 0 spiro atoms. The molecule has 0 N–H and O–H groups in total. The second-order valence-corrected chi connectivity index (χ2v) is 4.58. The van der Waals surface area contributed by atoms with Gasteiger partial charge in [-0.25, -0.2) is 9.42 Å². The second-order valence-electron chi connectivity index (χ2n) is 3.72. The normalized spacial score (nSPS) is 10.3. The number of carbonyl (C=O) groups excluding carboxylic acids is 1. The van der Waals surface area contributed by atoms with E-state index in [0.717, 1.165) is 0 Å². The van der Waals surface area contributed by atoms with Crippen LogP contribution in [0.25, 0.3) is 0 Å². The molecule has 19 heavy (non-hydrogen) atoms. The standard InChI is InChI=1S/C12H11BrN2O4/c1-7-10(15-19-14-7)6-18-11-4-3-8(5-9(11)13)12(16)17-2/h3-5H,6H2,1-2H3. The van der Waals surface area contributed by atoms with Crippen LogP contribution in [-0.4, -0.2) is 23.4 Å². The first kappa shape index (κ1) is 13.5. The van der Waals surface area contributed by atoms with Crippen molar-refractivity contribution in [2.45, 2.75) is 13.5 Å². The third kappa shape index (κ3) is 3.11. The Kier molecular flexibility index (Phi) is 4.16. The minimum absolute atomic E-state index is 0.242. The molecule has 0 atom stereocenters. The first-order chi connectivity index (χ1) is 9.11. The Bertz CT molecular complexity index is 597. The largest absolute Gasteiger partial charge is 0.486 e. The summed E-state index contributed by atoms with van der Waals surface area (Å²) in [6, 6.07) is 4.94.